The summed E-state index contributed by atoms with van der Waals surface area (Å²) in [6.07, 6.45) is 2.04. The molecule has 1 fully saturated rings. The van der Waals surface area contributed by atoms with Crippen molar-refractivity contribution in [3.05, 3.63) is 21.9 Å². The van der Waals surface area contributed by atoms with Gasteiger partial charge in [-0.25, -0.2) is 0 Å². The number of rotatable bonds is 4. The maximum atomic E-state index is 12.0. The Hall–Kier alpha value is -1.35. The van der Waals surface area contributed by atoms with E-state index in [0.717, 1.165) is 26.1 Å². The number of hydrogen-bond donors (Lipinski definition) is 2. The van der Waals surface area contributed by atoms with Gasteiger partial charge in [-0.15, -0.1) is 11.3 Å². The Kier molecular flexibility index (Phi) is 5.40. The van der Waals surface area contributed by atoms with E-state index in [1.54, 1.807) is 6.07 Å². The number of thiophene rings is 1. The molecule has 1 aromatic rings. The number of carbonyl (C=O) groups is 1. The zero-order chi connectivity index (χ0) is 13.5. The average molecular weight is 279 g/mol. The van der Waals surface area contributed by atoms with Crippen LogP contribution in [0.15, 0.2) is 11.4 Å². The summed E-state index contributed by atoms with van der Waals surface area (Å²) in [6, 6.07) is 1.80. The maximum absolute atomic E-state index is 12.0. The van der Waals surface area contributed by atoms with E-state index in [2.05, 4.69) is 17.2 Å². The number of amides is 1. The van der Waals surface area contributed by atoms with Crippen molar-refractivity contribution in [2.45, 2.75) is 12.8 Å². The molecule has 0 saturated carbocycles. The van der Waals surface area contributed by atoms with Gasteiger partial charge in [0, 0.05) is 25.3 Å². The summed E-state index contributed by atoms with van der Waals surface area (Å²) in [5, 5.41) is 13.4. The maximum Gasteiger partial charge on any atom is 0.262 e. The van der Waals surface area contributed by atoms with Crippen LogP contribution in [0.3, 0.4) is 0 Å². The lowest BCUT2D eigenvalue weighted by atomic mass is 10.1. The average Bonchev–Trinajstić information content (AvgIpc) is 3.07. The molecular formula is C14H17NO3S. The van der Waals surface area contributed by atoms with Crippen molar-refractivity contribution in [1.29, 1.82) is 0 Å². The van der Waals surface area contributed by atoms with Crippen molar-refractivity contribution in [2.75, 3.05) is 26.4 Å². The molecule has 0 bridgehead atoms. The van der Waals surface area contributed by atoms with Gasteiger partial charge < -0.3 is 15.2 Å². The van der Waals surface area contributed by atoms with Gasteiger partial charge in [-0.05, 0) is 30.2 Å². The minimum absolute atomic E-state index is 0.0869. The molecule has 5 heteroatoms. The monoisotopic (exact) mass is 279 g/mol. The zero-order valence-electron chi connectivity index (χ0n) is 10.6. The van der Waals surface area contributed by atoms with Crippen LogP contribution in [0, 0.1) is 17.8 Å². The molecule has 0 aliphatic carbocycles. The fourth-order valence-electron chi connectivity index (χ4n) is 2.00. The SMILES string of the molecule is O=C(NCCC1CCOC1)c1sccc1C#CCO. The van der Waals surface area contributed by atoms with Crippen LogP contribution < -0.4 is 5.32 Å². The lowest BCUT2D eigenvalue weighted by Gasteiger charge is -2.08. The Balaban J connectivity index is 1.83. The van der Waals surface area contributed by atoms with Crippen LogP contribution in [-0.4, -0.2) is 37.4 Å². The highest BCUT2D eigenvalue weighted by Gasteiger charge is 2.16. The highest BCUT2D eigenvalue weighted by molar-refractivity contribution is 7.12. The Morgan fingerprint density at radius 3 is 3.26 bits per heavy atom. The lowest BCUT2D eigenvalue weighted by Crippen LogP contribution is -2.25. The summed E-state index contributed by atoms with van der Waals surface area (Å²) in [7, 11) is 0. The Labute approximate surface area is 116 Å². The smallest absolute Gasteiger partial charge is 0.262 e. The molecule has 1 amide bonds. The van der Waals surface area contributed by atoms with Gasteiger partial charge in [0.25, 0.3) is 5.91 Å². The molecule has 1 aliphatic heterocycles. The Morgan fingerprint density at radius 2 is 2.53 bits per heavy atom. The third-order valence-electron chi connectivity index (χ3n) is 3.04. The quantitative estimate of drug-likeness (QED) is 0.816. The summed E-state index contributed by atoms with van der Waals surface area (Å²) in [5.74, 6) is 5.83. The van der Waals surface area contributed by atoms with Crippen molar-refractivity contribution >= 4 is 17.2 Å². The second kappa shape index (κ2) is 7.29. The largest absolute Gasteiger partial charge is 0.384 e. The summed E-state index contributed by atoms with van der Waals surface area (Å²) >= 11 is 1.37. The molecule has 1 aliphatic rings. The molecule has 1 unspecified atom stereocenters. The molecule has 0 radical (unpaired) electrons. The molecule has 2 N–H and O–H groups in total. The highest BCUT2D eigenvalue weighted by atomic mass is 32.1. The van der Waals surface area contributed by atoms with E-state index in [1.807, 2.05) is 5.38 Å². The van der Waals surface area contributed by atoms with Gasteiger partial charge in [-0.2, -0.15) is 0 Å². The second-order valence-corrected chi connectivity index (χ2v) is 5.31. The fourth-order valence-corrected chi connectivity index (χ4v) is 2.76. The van der Waals surface area contributed by atoms with E-state index < -0.39 is 0 Å². The predicted octanol–water partition coefficient (Wildman–Crippen LogP) is 1.25. The fraction of sp³-hybridized carbons (Fsp3) is 0.500. The van der Waals surface area contributed by atoms with Crippen molar-refractivity contribution in [3.63, 3.8) is 0 Å². The van der Waals surface area contributed by atoms with E-state index in [9.17, 15) is 4.79 Å². The van der Waals surface area contributed by atoms with Gasteiger partial charge in [0.2, 0.25) is 0 Å². The van der Waals surface area contributed by atoms with Crippen LogP contribution in [0.4, 0.5) is 0 Å². The molecule has 4 nitrogen and oxygen atoms in total. The third-order valence-corrected chi connectivity index (χ3v) is 3.95. The van der Waals surface area contributed by atoms with Gasteiger partial charge in [0.05, 0.1) is 0 Å². The summed E-state index contributed by atoms with van der Waals surface area (Å²) < 4.78 is 5.30. The van der Waals surface area contributed by atoms with Crippen molar-refractivity contribution in [2.24, 2.45) is 5.92 Å². The van der Waals surface area contributed by atoms with Crippen LogP contribution in [0.1, 0.15) is 28.1 Å². The molecule has 1 atom stereocenters. The first kappa shape index (κ1) is 14.1. The summed E-state index contributed by atoms with van der Waals surface area (Å²) in [6.45, 7) is 2.11. The van der Waals surface area contributed by atoms with Gasteiger partial charge in [-0.1, -0.05) is 11.8 Å². The standard InChI is InChI=1S/C14H17NO3S/c16-7-1-2-12-5-9-19-13(12)14(17)15-6-3-11-4-8-18-10-11/h5,9,11,16H,3-4,6-8,10H2,(H,15,17). The summed E-state index contributed by atoms with van der Waals surface area (Å²) in [4.78, 5) is 12.6. The number of ether oxygens (including phenoxy) is 1. The van der Waals surface area contributed by atoms with Crippen molar-refractivity contribution in [3.8, 4) is 11.8 Å². The number of carbonyl (C=O) groups excluding carboxylic acids is 1. The highest BCUT2D eigenvalue weighted by Crippen LogP contribution is 2.17. The third kappa shape index (κ3) is 4.06. The minimum atomic E-state index is -0.196. The van der Waals surface area contributed by atoms with E-state index >= 15 is 0 Å². The van der Waals surface area contributed by atoms with Crippen LogP contribution >= 0.6 is 11.3 Å². The van der Waals surface area contributed by atoms with E-state index in [4.69, 9.17) is 9.84 Å². The molecule has 2 rings (SSSR count). The topological polar surface area (TPSA) is 58.6 Å². The molecular weight excluding hydrogens is 262 g/mol. The second-order valence-electron chi connectivity index (χ2n) is 4.40. The summed E-state index contributed by atoms with van der Waals surface area (Å²) in [5.41, 5.74) is 0.681. The van der Waals surface area contributed by atoms with E-state index in [0.29, 0.717) is 22.9 Å². The molecule has 1 saturated heterocycles. The molecule has 102 valence electrons. The Morgan fingerprint density at radius 1 is 1.63 bits per heavy atom. The zero-order valence-corrected chi connectivity index (χ0v) is 11.5. The first-order valence-electron chi connectivity index (χ1n) is 6.34. The van der Waals surface area contributed by atoms with Crippen molar-refractivity contribution < 1.29 is 14.6 Å². The number of aliphatic hydroxyl groups excluding tert-OH is 1. The normalized spacial score (nSPS) is 17.8. The van der Waals surface area contributed by atoms with Crippen LogP contribution in [0.2, 0.25) is 0 Å². The van der Waals surface area contributed by atoms with Gasteiger partial charge in [-0.3, -0.25) is 4.79 Å². The number of nitrogens with one attached hydrogen (secondary N) is 1. The lowest BCUT2D eigenvalue weighted by molar-refractivity contribution is 0.0954. The molecule has 0 spiro atoms. The molecule has 19 heavy (non-hydrogen) atoms. The van der Waals surface area contributed by atoms with E-state index in [1.165, 1.54) is 11.3 Å². The predicted molar refractivity (Wildman–Crippen MR) is 74.2 cm³/mol. The minimum Gasteiger partial charge on any atom is -0.384 e. The van der Waals surface area contributed by atoms with Crippen molar-refractivity contribution in [1.82, 2.24) is 5.32 Å². The van der Waals surface area contributed by atoms with Gasteiger partial charge >= 0.3 is 0 Å². The number of aliphatic hydroxyl groups is 1. The number of hydrogen-bond acceptors (Lipinski definition) is 4. The van der Waals surface area contributed by atoms with Crippen LogP contribution in [0.5, 0.6) is 0 Å². The molecule has 1 aromatic heterocycles. The van der Waals surface area contributed by atoms with Crippen LogP contribution in [-0.2, 0) is 4.74 Å². The first-order chi connectivity index (χ1) is 9.31. The van der Waals surface area contributed by atoms with E-state index in [-0.39, 0.29) is 12.5 Å². The van der Waals surface area contributed by atoms with Gasteiger partial charge in [0.15, 0.2) is 0 Å². The van der Waals surface area contributed by atoms with Crippen LogP contribution in [0.25, 0.3) is 0 Å². The van der Waals surface area contributed by atoms with Gasteiger partial charge in [0.1, 0.15) is 11.5 Å². The Bertz CT molecular complexity index is 480. The first-order valence-corrected chi connectivity index (χ1v) is 7.22. The molecule has 0 aromatic carbocycles. The molecule has 2 heterocycles.